The molecular weight excluding hydrogens is 312 g/mol. The van der Waals surface area contributed by atoms with Crippen molar-refractivity contribution < 1.29 is 9.53 Å². The van der Waals surface area contributed by atoms with E-state index in [1.54, 1.807) is 19.2 Å². The summed E-state index contributed by atoms with van der Waals surface area (Å²) in [4.78, 5) is 14.6. The van der Waals surface area contributed by atoms with E-state index in [9.17, 15) is 4.79 Å². The van der Waals surface area contributed by atoms with Crippen LogP contribution in [0.15, 0.2) is 42.5 Å². The molecule has 1 amide bonds. The Bertz CT molecular complexity index is 733. The minimum Gasteiger partial charge on any atom is -0.495 e. The van der Waals surface area contributed by atoms with Gasteiger partial charge in [-0.1, -0.05) is 29.8 Å². The predicted molar refractivity (Wildman–Crippen MR) is 93.6 cm³/mol. The number of halogens is 1. The Hall–Kier alpha value is -2.20. The van der Waals surface area contributed by atoms with Gasteiger partial charge in [0.05, 0.1) is 12.1 Å². The van der Waals surface area contributed by atoms with Crippen molar-refractivity contribution in [2.75, 3.05) is 23.9 Å². The van der Waals surface area contributed by atoms with E-state index in [1.165, 1.54) is 5.56 Å². The lowest BCUT2D eigenvalue weighted by Gasteiger charge is -2.23. The van der Waals surface area contributed by atoms with Gasteiger partial charge >= 0.3 is 0 Å². The molecule has 1 unspecified atom stereocenters. The van der Waals surface area contributed by atoms with Gasteiger partial charge in [-0.3, -0.25) is 4.79 Å². The number of hydrogen-bond acceptors (Lipinski definition) is 3. The highest BCUT2D eigenvalue weighted by molar-refractivity contribution is 6.32. The Balaban J connectivity index is 1.72. The number of hydrogen-bond donors (Lipinski definition) is 1. The zero-order valence-electron chi connectivity index (χ0n) is 13.2. The molecule has 23 heavy (non-hydrogen) atoms. The van der Waals surface area contributed by atoms with E-state index >= 15 is 0 Å². The van der Waals surface area contributed by atoms with Crippen molar-refractivity contribution in [2.24, 2.45) is 0 Å². The molecule has 1 heterocycles. The summed E-state index contributed by atoms with van der Waals surface area (Å²) in [6.07, 6.45) is 0.906. The second-order valence-electron chi connectivity index (χ2n) is 5.58. The SMILES string of the molecule is COc1ccc(NC(C)C(=O)N2CCc3ccccc32)cc1Cl. The molecule has 0 aliphatic carbocycles. The standard InChI is InChI=1S/C18H19ClN2O2/c1-12(20-14-7-8-17(23-2)15(19)11-14)18(22)21-10-9-13-5-3-4-6-16(13)21/h3-8,11-12,20H,9-10H2,1-2H3. The largest absolute Gasteiger partial charge is 0.495 e. The van der Waals surface area contributed by atoms with Crippen molar-refractivity contribution in [3.63, 3.8) is 0 Å². The van der Waals surface area contributed by atoms with Crippen LogP contribution in [0.4, 0.5) is 11.4 Å². The fraction of sp³-hybridized carbons (Fsp3) is 0.278. The zero-order valence-corrected chi connectivity index (χ0v) is 13.9. The van der Waals surface area contributed by atoms with Crippen LogP contribution in [0.1, 0.15) is 12.5 Å². The monoisotopic (exact) mass is 330 g/mol. The normalized spacial score (nSPS) is 14.3. The lowest BCUT2D eigenvalue weighted by Crippen LogP contribution is -2.40. The number of carbonyl (C=O) groups is 1. The van der Waals surface area contributed by atoms with Crippen LogP contribution < -0.4 is 15.0 Å². The summed E-state index contributed by atoms with van der Waals surface area (Å²) in [5.41, 5.74) is 3.03. The molecule has 2 aromatic rings. The highest BCUT2D eigenvalue weighted by Gasteiger charge is 2.27. The van der Waals surface area contributed by atoms with Gasteiger partial charge in [0, 0.05) is 17.9 Å². The maximum absolute atomic E-state index is 12.7. The van der Waals surface area contributed by atoms with Gasteiger partial charge in [0.1, 0.15) is 11.8 Å². The summed E-state index contributed by atoms with van der Waals surface area (Å²) in [7, 11) is 1.57. The van der Waals surface area contributed by atoms with E-state index in [0.717, 1.165) is 24.3 Å². The fourth-order valence-electron chi connectivity index (χ4n) is 2.87. The average molecular weight is 331 g/mol. The van der Waals surface area contributed by atoms with Crippen LogP contribution >= 0.6 is 11.6 Å². The Morgan fingerprint density at radius 3 is 2.83 bits per heavy atom. The molecule has 0 fully saturated rings. The van der Waals surface area contributed by atoms with Crippen molar-refractivity contribution in [3.8, 4) is 5.75 Å². The van der Waals surface area contributed by atoms with Crippen LogP contribution in [0.3, 0.4) is 0 Å². The molecule has 4 nitrogen and oxygen atoms in total. The summed E-state index contributed by atoms with van der Waals surface area (Å²) < 4.78 is 5.14. The first-order valence-corrected chi connectivity index (χ1v) is 7.97. The first-order chi connectivity index (χ1) is 11.1. The van der Waals surface area contributed by atoms with Gasteiger partial charge < -0.3 is 15.0 Å². The van der Waals surface area contributed by atoms with Crippen molar-refractivity contribution in [3.05, 3.63) is 53.1 Å². The highest BCUT2D eigenvalue weighted by Crippen LogP contribution is 2.30. The van der Waals surface area contributed by atoms with Gasteiger partial charge in [-0.05, 0) is 43.2 Å². The summed E-state index contributed by atoms with van der Waals surface area (Å²) >= 11 is 6.13. The average Bonchev–Trinajstić information content (AvgIpc) is 2.98. The molecule has 0 saturated heterocycles. The van der Waals surface area contributed by atoms with Crippen LogP contribution in [-0.4, -0.2) is 25.6 Å². The van der Waals surface area contributed by atoms with Gasteiger partial charge in [0.15, 0.2) is 0 Å². The molecular formula is C18H19ClN2O2. The van der Waals surface area contributed by atoms with Crippen molar-refractivity contribution in [1.82, 2.24) is 0 Å². The van der Waals surface area contributed by atoms with E-state index in [0.29, 0.717) is 10.8 Å². The first kappa shape index (κ1) is 15.7. The maximum Gasteiger partial charge on any atom is 0.249 e. The number of rotatable bonds is 4. The van der Waals surface area contributed by atoms with Gasteiger partial charge in [-0.15, -0.1) is 0 Å². The topological polar surface area (TPSA) is 41.6 Å². The number of para-hydroxylation sites is 1. The Morgan fingerprint density at radius 1 is 1.30 bits per heavy atom. The number of nitrogens with zero attached hydrogens (tertiary/aromatic N) is 1. The van der Waals surface area contributed by atoms with Gasteiger partial charge in [0.25, 0.3) is 0 Å². The summed E-state index contributed by atoms with van der Waals surface area (Å²) in [5.74, 6) is 0.673. The minimum absolute atomic E-state index is 0.0573. The molecule has 2 aromatic carbocycles. The van der Waals surface area contributed by atoms with Gasteiger partial charge in [-0.25, -0.2) is 0 Å². The van der Waals surface area contributed by atoms with E-state index in [-0.39, 0.29) is 11.9 Å². The molecule has 1 aliphatic rings. The Morgan fingerprint density at radius 2 is 2.09 bits per heavy atom. The summed E-state index contributed by atoms with van der Waals surface area (Å²) in [6.45, 7) is 2.59. The van der Waals surface area contributed by atoms with E-state index < -0.39 is 0 Å². The molecule has 0 aromatic heterocycles. The van der Waals surface area contributed by atoms with E-state index in [1.807, 2.05) is 36.1 Å². The summed E-state index contributed by atoms with van der Waals surface area (Å²) in [5, 5.41) is 3.73. The van der Waals surface area contributed by atoms with Crippen molar-refractivity contribution in [1.29, 1.82) is 0 Å². The minimum atomic E-state index is -0.342. The van der Waals surface area contributed by atoms with Crippen LogP contribution in [-0.2, 0) is 11.2 Å². The first-order valence-electron chi connectivity index (χ1n) is 7.59. The Labute approximate surface area is 141 Å². The number of anilines is 2. The quantitative estimate of drug-likeness (QED) is 0.928. The van der Waals surface area contributed by atoms with Gasteiger partial charge in [0.2, 0.25) is 5.91 Å². The number of ether oxygens (including phenoxy) is 1. The number of carbonyl (C=O) groups excluding carboxylic acids is 1. The fourth-order valence-corrected chi connectivity index (χ4v) is 3.13. The molecule has 1 atom stereocenters. The number of amides is 1. The molecule has 0 radical (unpaired) electrons. The van der Waals surface area contributed by atoms with Crippen LogP contribution in [0.25, 0.3) is 0 Å². The maximum atomic E-state index is 12.7. The second-order valence-corrected chi connectivity index (χ2v) is 5.99. The predicted octanol–water partition coefficient (Wildman–Crippen LogP) is 3.74. The molecule has 120 valence electrons. The molecule has 1 N–H and O–H groups in total. The van der Waals surface area contributed by atoms with E-state index in [4.69, 9.17) is 16.3 Å². The molecule has 5 heteroatoms. The molecule has 0 bridgehead atoms. The highest BCUT2D eigenvalue weighted by atomic mass is 35.5. The van der Waals surface area contributed by atoms with Crippen molar-refractivity contribution in [2.45, 2.75) is 19.4 Å². The number of fused-ring (bicyclic) bond motifs is 1. The number of benzene rings is 2. The van der Waals surface area contributed by atoms with Crippen LogP contribution in [0.5, 0.6) is 5.75 Å². The number of nitrogens with one attached hydrogen (secondary N) is 1. The molecule has 0 spiro atoms. The van der Waals surface area contributed by atoms with Crippen LogP contribution in [0.2, 0.25) is 5.02 Å². The molecule has 0 saturated carbocycles. The zero-order chi connectivity index (χ0) is 16.4. The lowest BCUT2D eigenvalue weighted by molar-refractivity contribution is -0.118. The number of methoxy groups -OCH3 is 1. The third-order valence-corrected chi connectivity index (χ3v) is 4.35. The third kappa shape index (κ3) is 3.13. The summed E-state index contributed by atoms with van der Waals surface area (Å²) in [6, 6.07) is 13.1. The third-order valence-electron chi connectivity index (χ3n) is 4.06. The molecule has 3 rings (SSSR count). The second kappa shape index (κ2) is 6.50. The molecule has 1 aliphatic heterocycles. The van der Waals surface area contributed by atoms with Gasteiger partial charge in [-0.2, -0.15) is 0 Å². The van der Waals surface area contributed by atoms with Crippen LogP contribution in [0, 0.1) is 0 Å². The van der Waals surface area contributed by atoms with Crippen molar-refractivity contribution >= 4 is 28.9 Å². The Kier molecular flexibility index (Phi) is 4.44. The smallest absolute Gasteiger partial charge is 0.249 e. The lowest BCUT2D eigenvalue weighted by atomic mass is 10.2. The van der Waals surface area contributed by atoms with E-state index in [2.05, 4.69) is 11.4 Å².